The molecule has 0 N–H and O–H groups in total. The smallest absolute Gasteiger partial charge is 0.338 e. The van der Waals surface area contributed by atoms with Crippen LogP contribution >= 0.6 is 0 Å². The second kappa shape index (κ2) is 5.30. The average Bonchev–Trinajstić information content (AvgIpc) is 2.49. The van der Waals surface area contributed by atoms with E-state index in [0.717, 1.165) is 5.57 Å². The Bertz CT molecular complexity index is 399. The molecule has 0 aromatic carbocycles. The van der Waals surface area contributed by atoms with Crippen molar-refractivity contribution < 1.29 is 19.1 Å². The van der Waals surface area contributed by atoms with E-state index in [2.05, 4.69) is 9.47 Å². The average molecular weight is 222 g/mol. The Kier molecular flexibility index (Phi) is 4.05. The molecule has 0 saturated heterocycles. The van der Waals surface area contributed by atoms with Crippen molar-refractivity contribution in [1.82, 2.24) is 0 Å². The fourth-order valence-corrected chi connectivity index (χ4v) is 1.40. The molecule has 16 heavy (non-hydrogen) atoms. The topological polar surface area (TPSA) is 52.6 Å². The summed E-state index contributed by atoms with van der Waals surface area (Å²) in [6, 6.07) is 0. The van der Waals surface area contributed by atoms with Crippen LogP contribution < -0.4 is 0 Å². The Labute approximate surface area is 94.2 Å². The lowest BCUT2D eigenvalue weighted by Crippen LogP contribution is -2.12. The van der Waals surface area contributed by atoms with Crippen molar-refractivity contribution in [2.75, 3.05) is 14.2 Å². The lowest BCUT2D eigenvalue weighted by atomic mass is 10.1. The molecule has 0 amide bonds. The van der Waals surface area contributed by atoms with E-state index in [-0.39, 0.29) is 11.1 Å². The van der Waals surface area contributed by atoms with E-state index >= 15 is 0 Å². The fourth-order valence-electron chi connectivity index (χ4n) is 1.40. The summed E-state index contributed by atoms with van der Waals surface area (Å²) in [5.41, 5.74) is 1.45. The predicted molar refractivity (Wildman–Crippen MR) is 58.6 cm³/mol. The van der Waals surface area contributed by atoms with Gasteiger partial charge in [0, 0.05) is 0 Å². The normalized spacial score (nSPS) is 15.3. The van der Waals surface area contributed by atoms with E-state index in [4.69, 9.17) is 0 Å². The molecule has 0 radical (unpaired) electrons. The highest BCUT2D eigenvalue weighted by atomic mass is 16.5. The van der Waals surface area contributed by atoms with E-state index < -0.39 is 11.9 Å². The molecule has 0 unspecified atom stereocenters. The minimum Gasteiger partial charge on any atom is -0.465 e. The first-order chi connectivity index (χ1) is 7.60. The van der Waals surface area contributed by atoms with E-state index in [0.29, 0.717) is 6.42 Å². The first-order valence-electron chi connectivity index (χ1n) is 4.84. The summed E-state index contributed by atoms with van der Waals surface area (Å²) >= 11 is 0. The summed E-state index contributed by atoms with van der Waals surface area (Å²) in [6.45, 7) is 1.88. The largest absolute Gasteiger partial charge is 0.465 e. The third-order valence-corrected chi connectivity index (χ3v) is 2.22. The maximum Gasteiger partial charge on any atom is 0.338 e. The molecule has 0 spiro atoms. The molecular weight excluding hydrogens is 208 g/mol. The molecule has 0 heterocycles. The number of ether oxygens (including phenoxy) is 2. The maximum atomic E-state index is 11.5. The second-order valence-electron chi connectivity index (χ2n) is 3.41. The minimum absolute atomic E-state index is 0.228. The van der Waals surface area contributed by atoms with Crippen molar-refractivity contribution in [3.8, 4) is 0 Å². The summed E-state index contributed by atoms with van der Waals surface area (Å²) in [5, 5.41) is 0. The van der Waals surface area contributed by atoms with Gasteiger partial charge in [-0.1, -0.05) is 17.7 Å². The molecule has 4 nitrogen and oxygen atoms in total. The Balaban J connectivity index is 3.28. The SMILES string of the molecule is COC(=O)C1=C(C(=O)OC)C=C(C)CC=C1. The van der Waals surface area contributed by atoms with Gasteiger partial charge in [-0.05, 0) is 19.4 Å². The van der Waals surface area contributed by atoms with Crippen LogP contribution in [0.5, 0.6) is 0 Å². The van der Waals surface area contributed by atoms with E-state index in [1.807, 2.05) is 13.0 Å². The lowest BCUT2D eigenvalue weighted by Gasteiger charge is -2.05. The van der Waals surface area contributed by atoms with Gasteiger partial charge in [-0.2, -0.15) is 0 Å². The van der Waals surface area contributed by atoms with Crippen molar-refractivity contribution in [3.63, 3.8) is 0 Å². The number of hydrogen-bond donors (Lipinski definition) is 0. The molecule has 0 saturated carbocycles. The molecular formula is C12H14O4. The molecule has 1 rings (SSSR count). The number of esters is 2. The summed E-state index contributed by atoms with van der Waals surface area (Å²) in [4.78, 5) is 23.0. The van der Waals surface area contributed by atoms with Gasteiger partial charge < -0.3 is 9.47 Å². The van der Waals surface area contributed by atoms with Crippen LogP contribution in [0.4, 0.5) is 0 Å². The Hall–Kier alpha value is -1.84. The van der Waals surface area contributed by atoms with Crippen LogP contribution in [0, 0.1) is 0 Å². The van der Waals surface area contributed by atoms with Crippen LogP contribution in [0.25, 0.3) is 0 Å². The Morgan fingerprint density at radius 3 is 2.25 bits per heavy atom. The lowest BCUT2D eigenvalue weighted by molar-refractivity contribution is -0.138. The molecule has 0 bridgehead atoms. The van der Waals surface area contributed by atoms with Gasteiger partial charge in [0.2, 0.25) is 0 Å². The summed E-state index contributed by atoms with van der Waals surface area (Å²) in [6.07, 6.45) is 5.75. The number of allylic oxidation sites excluding steroid dienone is 2. The van der Waals surface area contributed by atoms with Crippen LogP contribution in [0.2, 0.25) is 0 Å². The molecule has 1 aliphatic rings. The van der Waals surface area contributed by atoms with Crippen molar-refractivity contribution in [3.05, 3.63) is 34.9 Å². The van der Waals surface area contributed by atoms with Crippen molar-refractivity contribution >= 4 is 11.9 Å². The van der Waals surface area contributed by atoms with Crippen molar-refractivity contribution in [2.24, 2.45) is 0 Å². The van der Waals surface area contributed by atoms with Crippen LogP contribution in [-0.4, -0.2) is 26.2 Å². The van der Waals surface area contributed by atoms with Crippen molar-refractivity contribution in [2.45, 2.75) is 13.3 Å². The number of carbonyl (C=O) groups is 2. The third kappa shape index (κ3) is 2.59. The molecule has 0 aromatic rings. The number of rotatable bonds is 2. The standard InChI is InChI=1S/C12H14O4/c1-8-5-4-6-9(11(13)15-2)10(7-8)12(14)16-3/h4,6-7H,5H2,1-3H3. The Morgan fingerprint density at radius 1 is 1.12 bits per heavy atom. The molecule has 0 aromatic heterocycles. The van der Waals surface area contributed by atoms with Gasteiger partial charge in [-0.25, -0.2) is 9.59 Å². The summed E-state index contributed by atoms with van der Waals surface area (Å²) in [7, 11) is 2.56. The molecule has 4 heteroatoms. The predicted octanol–water partition coefficient (Wildman–Crippen LogP) is 1.54. The third-order valence-electron chi connectivity index (χ3n) is 2.22. The van der Waals surface area contributed by atoms with Crippen LogP contribution in [0.3, 0.4) is 0 Å². The zero-order chi connectivity index (χ0) is 12.1. The highest BCUT2D eigenvalue weighted by molar-refractivity contribution is 6.04. The van der Waals surface area contributed by atoms with Crippen molar-refractivity contribution in [1.29, 1.82) is 0 Å². The second-order valence-corrected chi connectivity index (χ2v) is 3.41. The van der Waals surface area contributed by atoms with E-state index in [1.54, 1.807) is 12.2 Å². The van der Waals surface area contributed by atoms with Gasteiger partial charge in [0.1, 0.15) is 0 Å². The van der Waals surface area contributed by atoms with Gasteiger partial charge in [-0.15, -0.1) is 0 Å². The van der Waals surface area contributed by atoms with E-state index in [9.17, 15) is 9.59 Å². The summed E-state index contributed by atoms with van der Waals surface area (Å²) in [5.74, 6) is -1.08. The van der Waals surface area contributed by atoms with Gasteiger partial charge >= 0.3 is 11.9 Å². The quantitative estimate of drug-likeness (QED) is 0.665. The first kappa shape index (κ1) is 12.2. The zero-order valence-electron chi connectivity index (χ0n) is 9.57. The van der Waals surface area contributed by atoms with Gasteiger partial charge in [0.25, 0.3) is 0 Å². The van der Waals surface area contributed by atoms with E-state index in [1.165, 1.54) is 14.2 Å². The van der Waals surface area contributed by atoms with Crippen LogP contribution in [0.15, 0.2) is 34.9 Å². The molecule has 86 valence electrons. The zero-order valence-corrected chi connectivity index (χ0v) is 9.57. The van der Waals surface area contributed by atoms with Gasteiger partial charge in [-0.3, -0.25) is 0 Å². The van der Waals surface area contributed by atoms with Crippen LogP contribution in [0.1, 0.15) is 13.3 Å². The molecule has 0 aliphatic heterocycles. The van der Waals surface area contributed by atoms with Crippen LogP contribution in [-0.2, 0) is 19.1 Å². The first-order valence-corrected chi connectivity index (χ1v) is 4.84. The fraction of sp³-hybridized carbons (Fsp3) is 0.333. The highest BCUT2D eigenvalue weighted by Crippen LogP contribution is 2.19. The molecule has 1 aliphatic carbocycles. The maximum absolute atomic E-state index is 11.5. The number of methoxy groups -OCH3 is 2. The summed E-state index contributed by atoms with van der Waals surface area (Å²) < 4.78 is 9.26. The number of carbonyl (C=O) groups excluding carboxylic acids is 2. The molecule has 0 fully saturated rings. The Morgan fingerprint density at radius 2 is 1.69 bits per heavy atom. The highest BCUT2D eigenvalue weighted by Gasteiger charge is 2.20. The molecule has 0 atom stereocenters. The van der Waals surface area contributed by atoms with Gasteiger partial charge in [0.15, 0.2) is 0 Å². The van der Waals surface area contributed by atoms with Gasteiger partial charge in [0.05, 0.1) is 25.4 Å². The monoisotopic (exact) mass is 222 g/mol. The number of hydrogen-bond acceptors (Lipinski definition) is 4. The minimum atomic E-state index is -0.539.